The first kappa shape index (κ1) is 13.9. The van der Waals surface area contributed by atoms with Crippen molar-refractivity contribution in [1.29, 1.82) is 0 Å². The highest BCUT2D eigenvalue weighted by atomic mass is 16.2. The fourth-order valence-electron chi connectivity index (χ4n) is 3.20. The zero-order valence-electron chi connectivity index (χ0n) is 12.8. The summed E-state index contributed by atoms with van der Waals surface area (Å²) in [5.74, 6) is 0.349. The largest absolute Gasteiger partial charge is 0.338 e. The van der Waals surface area contributed by atoms with Gasteiger partial charge in [-0.3, -0.25) is 9.69 Å². The number of amides is 1. The van der Waals surface area contributed by atoms with E-state index in [-0.39, 0.29) is 16.5 Å². The lowest BCUT2D eigenvalue weighted by Gasteiger charge is -2.59. The Labute approximate surface area is 112 Å². The molecule has 2 saturated heterocycles. The fraction of sp³-hybridized carbons (Fsp3) is 0.933. The number of rotatable bonds is 0. The number of carbonyl (C=O) groups excluding carboxylic acids is 1. The maximum absolute atomic E-state index is 12.3. The smallest absolute Gasteiger partial charge is 0.223 e. The summed E-state index contributed by atoms with van der Waals surface area (Å²) in [6.45, 7) is 16.3. The van der Waals surface area contributed by atoms with Gasteiger partial charge in [-0.25, -0.2) is 0 Å². The molecule has 2 heterocycles. The Bertz CT molecular complexity index is 342. The van der Waals surface area contributed by atoms with Gasteiger partial charge in [-0.1, -0.05) is 0 Å². The van der Waals surface area contributed by atoms with E-state index in [1.165, 1.54) is 6.42 Å². The molecule has 0 aromatic rings. The van der Waals surface area contributed by atoms with Gasteiger partial charge < -0.3 is 4.90 Å². The second kappa shape index (κ2) is 3.96. The highest BCUT2D eigenvalue weighted by Crippen LogP contribution is 2.44. The van der Waals surface area contributed by atoms with E-state index in [2.05, 4.69) is 51.3 Å². The topological polar surface area (TPSA) is 23.6 Å². The monoisotopic (exact) mass is 252 g/mol. The number of hydrogen-bond acceptors (Lipinski definition) is 2. The van der Waals surface area contributed by atoms with Crippen LogP contribution >= 0.6 is 0 Å². The van der Waals surface area contributed by atoms with Crippen LogP contribution in [0, 0.1) is 5.41 Å². The highest BCUT2D eigenvalue weighted by Gasteiger charge is 2.51. The summed E-state index contributed by atoms with van der Waals surface area (Å²) in [7, 11) is 0. The maximum atomic E-state index is 12.3. The Morgan fingerprint density at radius 3 is 1.94 bits per heavy atom. The molecular formula is C15H28N2O. The van der Waals surface area contributed by atoms with Crippen molar-refractivity contribution in [2.45, 2.75) is 65.5 Å². The number of nitrogens with zero attached hydrogens (tertiary/aromatic N) is 2. The first-order valence-electron chi connectivity index (χ1n) is 7.09. The van der Waals surface area contributed by atoms with Gasteiger partial charge in [0.2, 0.25) is 5.91 Å². The summed E-state index contributed by atoms with van der Waals surface area (Å²) in [4.78, 5) is 16.9. The molecule has 104 valence electrons. The fourth-order valence-corrected chi connectivity index (χ4v) is 3.20. The molecule has 2 aliphatic heterocycles. The summed E-state index contributed by atoms with van der Waals surface area (Å²) in [6, 6.07) is 0. The van der Waals surface area contributed by atoms with Crippen molar-refractivity contribution in [1.82, 2.24) is 9.80 Å². The van der Waals surface area contributed by atoms with Crippen LogP contribution in [0.3, 0.4) is 0 Å². The molecule has 3 nitrogen and oxygen atoms in total. The Morgan fingerprint density at radius 2 is 1.56 bits per heavy atom. The van der Waals surface area contributed by atoms with E-state index in [0.717, 1.165) is 26.1 Å². The predicted octanol–water partition coefficient (Wildman–Crippen LogP) is 2.51. The van der Waals surface area contributed by atoms with Gasteiger partial charge in [0.05, 0.1) is 0 Å². The zero-order chi connectivity index (χ0) is 13.8. The molecule has 1 spiro atoms. The van der Waals surface area contributed by atoms with E-state index >= 15 is 0 Å². The molecule has 2 aliphatic rings. The standard InChI is InChI=1S/C15H28N2O/c1-13(2,3)16-10-15(11-16)7-8-17(12(18)9-15)14(4,5)6/h7-11H2,1-6H3. The van der Waals surface area contributed by atoms with Crippen LogP contribution in [0.4, 0.5) is 0 Å². The van der Waals surface area contributed by atoms with Crippen LogP contribution in [0.25, 0.3) is 0 Å². The average Bonchev–Trinajstić information content (AvgIpc) is 2.09. The van der Waals surface area contributed by atoms with Crippen molar-refractivity contribution in [2.75, 3.05) is 19.6 Å². The van der Waals surface area contributed by atoms with Gasteiger partial charge in [-0.15, -0.1) is 0 Å². The van der Waals surface area contributed by atoms with Gasteiger partial charge in [0.25, 0.3) is 0 Å². The highest BCUT2D eigenvalue weighted by molar-refractivity contribution is 5.78. The Hall–Kier alpha value is -0.570. The molecule has 0 aliphatic carbocycles. The summed E-state index contributed by atoms with van der Waals surface area (Å²) in [5.41, 5.74) is 0.508. The normalized spacial score (nSPS) is 25.4. The zero-order valence-corrected chi connectivity index (χ0v) is 12.8. The number of likely N-dealkylation sites (tertiary alicyclic amines) is 2. The average molecular weight is 252 g/mol. The van der Waals surface area contributed by atoms with E-state index in [1.54, 1.807) is 0 Å². The van der Waals surface area contributed by atoms with Crippen molar-refractivity contribution >= 4 is 5.91 Å². The molecule has 0 atom stereocenters. The number of carbonyl (C=O) groups is 1. The summed E-state index contributed by atoms with van der Waals surface area (Å²) in [5, 5.41) is 0. The van der Waals surface area contributed by atoms with Crippen LogP contribution < -0.4 is 0 Å². The summed E-state index contributed by atoms with van der Waals surface area (Å²) < 4.78 is 0. The molecular weight excluding hydrogens is 224 g/mol. The lowest BCUT2D eigenvalue weighted by Crippen LogP contribution is -2.67. The number of hydrogen-bond donors (Lipinski definition) is 0. The predicted molar refractivity (Wildman–Crippen MR) is 74.5 cm³/mol. The van der Waals surface area contributed by atoms with Gasteiger partial charge in [-0.05, 0) is 48.0 Å². The molecule has 0 saturated carbocycles. The van der Waals surface area contributed by atoms with E-state index < -0.39 is 0 Å². The third-order valence-electron chi connectivity index (χ3n) is 4.50. The molecule has 0 aromatic heterocycles. The third-order valence-corrected chi connectivity index (χ3v) is 4.50. The molecule has 3 heteroatoms. The van der Waals surface area contributed by atoms with Crippen molar-refractivity contribution in [3.8, 4) is 0 Å². The molecule has 0 radical (unpaired) electrons. The Kier molecular flexibility index (Phi) is 3.05. The van der Waals surface area contributed by atoms with Crippen molar-refractivity contribution in [2.24, 2.45) is 5.41 Å². The maximum Gasteiger partial charge on any atom is 0.223 e. The van der Waals surface area contributed by atoms with E-state index in [1.807, 2.05) is 0 Å². The van der Waals surface area contributed by atoms with Crippen LogP contribution in [0.15, 0.2) is 0 Å². The molecule has 0 N–H and O–H groups in total. The van der Waals surface area contributed by atoms with Crippen LogP contribution in [0.1, 0.15) is 54.4 Å². The van der Waals surface area contributed by atoms with Crippen molar-refractivity contribution in [3.63, 3.8) is 0 Å². The Morgan fingerprint density at radius 1 is 1.00 bits per heavy atom. The van der Waals surface area contributed by atoms with Crippen molar-refractivity contribution in [3.05, 3.63) is 0 Å². The molecule has 0 unspecified atom stereocenters. The lowest BCUT2D eigenvalue weighted by atomic mass is 9.69. The molecule has 0 aromatic carbocycles. The molecule has 18 heavy (non-hydrogen) atoms. The van der Waals surface area contributed by atoms with Crippen LogP contribution in [-0.4, -0.2) is 46.4 Å². The first-order chi connectivity index (χ1) is 8.04. The minimum atomic E-state index is -0.0217. The van der Waals surface area contributed by atoms with Gasteiger partial charge >= 0.3 is 0 Å². The Balaban J connectivity index is 1.97. The summed E-state index contributed by atoms with van der Waals surface area (Å²) in [6.07, 6.45) is 1.92. The van der Waals surface area contributed by atoms with Crippen LogP contribution in [0.5, 0.6) is 0 Å². The van der Waals surface area contributed by atoms with Gasteiger partial charge in [0.1, 0.15) is 0 Å². The number of piperidine rings is 1. The second-order valence-corrected chi connectivity index (χ2v) is 8.17. The van der Waals surface area contributed by atoms with Gasteiger partial charge in [0.15, 0.2) is 0 Å². The van der Waals surface area contributed by atoms with E-state index in [0.29, 0.717) is 5.91 Å². The van der Waals surface area contributed by atoms with E-state index in [9.17, 15) is 4.79 Å². The summed E-state index contributed by atoms with van der Waals surface area (Å²) >= 11 is 0. The van der Waals surface area contributed by atoms with Crippen LogP contribution in [-0.2, 0) is 4.79 Å². The van der Waals surface area contributed by atoms with Crippen LogP contribution in [0.2, 0.25) is 0 Å². The third kappa shape index (κ3) is 2.42. The van der Waals surface area contributed by atoms with Gasteiger partial charge in [0, 0.05) is 42.5 Å². The van der Waals surface area contributed by atoms with E-state index in [4.69, 9.17) is 0 Å². The molecule has 2 fully saturated rings. The minimum Gasteiger partial charge on any atom is -0.338 e. The SMILES string of the molecule is CC(C)(C)N1CC2(CCN(C(C)(C)C)C(=O)C2)C1. The van der Waals surface area contributed by atoms with Gasteiger partial charge in [-0.2, -0.15) is 0 Å². The first-order valence-corrected chi connectivity index (χ1v) is 7.09. The lowest BCUT2D eigenvalue weighted by molar-refractivity contribution is -0.156. The second-order valence-electron chi connectivity index (χ2n) is 8.17. The molecule has 2 rings (SSSR count). The quantitative estimate of drug-likeness (QED) is 0.661. The minimum absolute atomic E-state index is 0.0217. The molecule has 0 bridgehead atoms. The molecule has 1 amide bonds. The van der Waals surface area contributed by atoms with Crippen molar-refractivity contribution < 1.29 is 4.79 Å².